The quantitative estimate of drug-likeness (QED) is 0.718. The largest absolute Gasteiger partial charge is 0.483 e. The van der Waals surface area contributed by atoms with Gasteiger partial charge in [0, 0.05) is 4.47 Å². The number of hydrogen-bond donors (Lipinski definition) is 0. The molecular formula is C9H7BrF2O2. The van der Waals surface area contributed by atoms with Crippen LogP contribution in [0.1, 0.15) is 0 Å². The van der Waals surface area contributed by atoms with Gasteiger partial charge in [-0.2, -0.15) is 8.78 Å². The molecule has 0 N–H and O–H groups in total. The van der Waals surface area contributed by atoms with Crippen molar-refractivity contribution in [2.75, 3.05) is 13.2 Å². The minimum Gasteiger partial charge on any atom is -0.483 e. The molecule has 14 heavy (non-hydrogen) atoms. The van der Waals surface area contributed by atoms with Gasteiger partial charge in [0.25, 0.3) is 0 Å². The fourth-order valence-corrected chi connectivity index (χ4v) is 1.46. The Morgan fingerprint density at radius 3 is 2.50 bits per heavy atom. The van der Waals surface area contributed by atoms with E-state index in [2.05, 4.69) is 15.9 Å². The van der Waals surface area contributed by atoms with Crippen LogP contribution in [0.3, 0.4) is 0 Å². The maximum Gasteiger partial charge on any atom is 0.314 e. The maximum absolute atomic E-state index is 12.9. The van der Waals surface area contributed by atoms with Crippen LogP contribution < -0.4 is 9.47 Å². The van der Waals surface area contributed by atoms with Crippen LogP contribution >= 0.6 is 15.9 Å². The third kappa shape index (κ3) is 1.97. The Labute approximate surface area is 87.9 Å². The smallest absolute Gasteiger partial charge is 0.314 e. The Morgan fingerprint density at radius 2 is 1.79 bits per heavy atom. The molecule has 1 aromatic rings. The fourth-order valence-electron chi connectivity index (χ4n) is 1.12. The highest BCUT2D eigenvalue weighted by atomic mass is 79.9. The van der Waals surface area contributed by atoms with Gasteiger partial charge in [-0.15, -0.1) is 0 Å². The van der Waals surface area contributed by atoms with E-state index in [9.17, 15) is 8.78 Å². The summed E-state index contributed by atoms with van der Waals surface area (Å²) in [7, 11) is 0. The average molecular weight is 265 g/mol. The number of hydrogen-bond acceptors (Lipinski definition) is 2. The molecule has 0 bridgehead atoms. The summed E-state index contributed by atoms with van der Waals surface area (Å²) in [6.45, 7) is -1.28. The zero-order valence-electron chi connectivity index (χ0n) is 7.10. The van der Waals surface area contributed by atoms with Crippen LogP contribution in [0.15, 0.2) is 22.7 Å². The second kappa shape index (κ2) is 3.38. The standard InChI is InChI=1S/C9H7BrF2O2/c10-6-1-2-7-8(3-6)14-5-9(11,12)4-13-7/h1-3H,4-5H2. The molecular weight excluding hydrogens is 258 g/mol. The lowest BCUT2D eigenvalue weighted by molar-refractivity contribution is -0.0622. The topological polar surface area (TPSA) is 18.5 Å². The number of rotatable bonds is 0. The summed E-state index contributed by atoms with van der Waals surface area (Å²) >= 11 is 3.22. The Balaban J connectivity index is 2.30. The third-order valence-electron chi connectivity index (χ3n) is 1.78. The summed E-state index contributed by atoms with van der Waals surface area (Å²) in [6, 6.07) is 4.92. The fraction of sp³-hybridized carbons (Fsp3) is 0.333. The van der Waals surface area contributed by atoms with Crippen LogP contribution in [-0.4, -0.2) is 19.1 Å². The van der Waals surface area contributed by atoms with Gasteiger partial charge in [-0.25, -0.2) is 0 Å². The molecule has 0 aliphatic carbocycles. The molecule has 1 heterocycles. The lowest BCUT2D eigenvalue weighted by atomic mass is 10.3. The molecule has 2 nitrogen and oxygen atoms in total. The maximum atomic E-state index is 12.9. The zero-order chi connectivity index (χ0) is 10.2. The lowest BCUT2D eigenvalue weighted by Gasteiger charge is -2.10. The molecule has 0 radical (unpaired) electrons. The first-order valence-corrected chi connectivity index (χ1v) is 4.79. The van der Waals surface area contributed by atoms with Crippen LogP contribution in [0.25, 0.3) is 0 Å². The van der Waals surface area contributed by atoms with Crippen molar-refractivity contribution >= 4 is 15.9 Å². The van der Waals surface area contributed by atoms with E-state index in [1.54, 1.807) is 18.2 Å². The van der Waals surface area contributed by atoms with E-state index in [-0.39, 0.29) is 0 Å². The molecule has 2 rings (SSSR count). The van der Waals surface area contributed by atoms with Crippen molar-refractivity contribution in [1.29, 1.82) is 0 Å². The number of benzene rings is 1. The first-order chi connectivity index (χ1) is 6.57. The van der Waals surface area contributed by atoms with Crippen LogP contribution in [0, 0.1) is 0 Å². The van der Waals surface area contributed by atoms with Gasteiger partial charge < -0.3 is 9.47 Å². The average Bonchev–Trinajstić information content (AvgIpc) is 2.26. The SMILES string of the molecule is FC1(F)COc2ccc(Br)cc2OC1. The summed E-state index contributed by atoms with van der Waals surface area (Å²) in [5.74, 6) is -2.23. The molecule has 0 fully saturated rings. The molecule has 0 aromatic heterocycles. The van der Waals surface area contributed by atoms with E-state index in [1.807, 2.05) is 0 Å². The van der Waals surface area contributed by atoms with Gasteiger partial charge in [-0.3, -0.25) is 0 Å². The van der Waals surface area contributed by atoms with Gasteiger partial charge in [-0.1, -0.05) is 15.9 Å². The molecule has 76 valence electrons. The Bertz CT molecular complexity index is 355. The molecule has 0 saturated heterocycles. The molecule has 0 saturated carbocycles. The predicted molar refractivity (Wildman–Crippen MR) is 50.1 cm³/mol. The minimum atomic E-state index is -2.93. The summed E-state index contributed by atoms with van der Waals surface area (Å²) in [4.78, 5) is 0. The molecule has 1 aliphatic rings. The van der Waals surface area contributed by atoms with Crippen molar-refractivity contribution in [1.82, 2.24) is 0 Å². The summed E-state index contributed by atoms with van der Waals surface area (Å²) < 4.78 is 36.4. The number of fused-ring (bicyclic) bond motifs is 1. The van der Waals surface area contributed by atoms with Crippen LogP contribution in [0.5, 0.6) is 11.5 Å². The van der Waals surface area contributed by atoms with Crippen molar-refractivity contribution in [2.24, 2.45) is 0 Å². The summed E-state index contributed by atoms with van der Waals surface area (Å²) in [5.41, 5.74) is 0. The lowest BCUT2D eigenvalue weighted by Crippen LogP contribution is -2.30. The molecule has 5 heteroatoms. The van der Waals surface area contributed by atoms with Crippen LogP contribution in [-0.2, 0) is 0 Å². The Kier molecular flexibility index (Phi) is 2.34. The van der Waals surface area contributed by atoms with E-state index in [4.69, 9.17) is 9.47 Å². The van der Waals surface area contributed by atoms with Crippen LogP contribution in [0.4, 0.5) is 8.78 Å². The number of alkyl halides is 2. The Hall–Kier alpha value is -0.840. The molecule has 0 atom stereocenters. The highest BCUT2D eigenvalue weighted by molar-refractivity contribution is 9.10. The third-order valence-corrected chi connectivity index (χ3v) is 2.28. The van der Waals surface area contributed by atoms with Crippen molar-refractivity contribution in [3.05, 3.63) is 22.7 Å². The first kappa shape index (κ1) is 9.71. The molecule has 0 amide bonds. The zero-order valence-corrected chi connectivity index (χ0v) is 8.68. The summed E-state index contributed by atoms with van der Waals surface area (Å²) in [6.07, 6.45) is 0. The van der Waals surface area contributed by atoms with Gasteiger partial charge in [0.1, 0.15) is 0 Å². The van der Waals surface area contributed by atoms with Gasteiger partial charge in [0.15, 0.2) is 24.7 Å². The summed E-state index contributed by atoms with van der Waals surface area (Å²) in [5, 5.41) is 0. The van der Waals surface area contributed by atoms with E-state index >= 15 is 0 Å². The van der Waals surface area contributed by atoms with Gasteiger partial charge >= 0.3 is 5.92 Å². The second-order valence-electron chi connectivity index (χ2n) is 3.02. The first-order valence-electron chi connectivity index (χ1n) is 4.00. The van der Waals surface area contributed by atoms with Crippen molar-refractivity contribution in [3.8, 4) is 11.5 Å². The minimum absolute atomic E-state index is 0.344. The molecule has 1 aromatic carbocycles. The van der Waals surface area contributed by atoms with E-state index < -0.39 is 19.1 Å². The predicted octanol–water partition coefficient (Wildman–Crippen LogP) is 2.86. The van der Waals surface area contributed by atoms with Crippen molar-refractivity contribution < 1.29 is 18.3 Å². The van der Waals surface area contributed by atoms with Crippen molar-refractivity contribution in [2.45, 2.75) is 5.92 Å². The second-order valence-corrected chi connectivity index (χ2v) is 3.94. The van der Waals surface area contributed by atoms with Crippen molar-refractivity contribution in [3.63, 3.8) is 0 Å². The van der Waals surface area contributed by atoms with E-state index in [0.29, 0.717) is 11.5 Å². The highest BCUT2D eigenvalue weighted by Gasteiger charge is 2.34. The normalized spacial score (nSPS) is 18.8. The Morgan fingerprint density at radius 1 is 1.14 bits per heavy atom. The van der Waals surface area contributed by atoms with E-state index in [1.165, 1.54) is 0 Å². The van der Waals surface area contributed by atoms with Crippen LogP contribution in [0.2, 0.25) is 0 Å². The highest BCUT2D eigenvalue weighted by Crippen LogP contribution is 2.34. The van der Waals surface area contributed by atoms with Gasteiger partial charge in [0.2, 0.25) is 0 Å². The van der Waals surface area contributed by atoms with Gasteiger partial charge in [-0.05, 0) is 18.2 Å². The van der Waals surface area contributed by atoms with Gasteiger partial charge in [0.05, 0.1) is 0 Å². The van der Waals surface area contributed by atoms with E-state index in [0.717, 1.165) is 4.47 Å². The number of halogens is 3. The number of ether oxygens (including phenoxy) is 2. The molecule has 0 spiro atoms. The molecule has 0 unspecified atom stereocenters. The molecule has 1 aliphatic heterocycles. The monoisotopic (exact) mass is 264 g/mol.